The number of ether oxygens (including phenoxy) is 1. The minimum Gasteiger partial charge on any atom is -0.367 e. The van der Waals surface area contributed by atoms with Crippen molar-refractivity contribution in [2.45, 2.75) is 91.5 Å². The van der Waals surface area contributed by atoms with E-state index in [0.29, 0.717) is 5.41 Å². The predicted molar refractivity (Wildman–Crippen MR) is 85.8 cm³/mol. The third kappa shape index (κ3) is 2.57. The smallest absolute Gasteiger partial charge is 0.160 e. The van der Waals surface area contributed by atoms with Crippen molar-refractivity contribution in [1.29, 1.82) is 0 Å². The van der Waals surface area contributed by atoms with Crippen LogP contribution in [0.1, 0.15) is 79.6 Å². The van der Waals surface area contributed by atoms with Crippen LogP contribution in [0, 0.1) is 28.6 Å². The zero-order valence-corrected chi connectivity index (χ0v) is 14.6. The first-order valence-corrected chi connectivity index (χ1v) is 9.03. The number of rotatable bonds is 5. The summed E-state index contributed by atoms with van der Waals surface area (Å²) >= 11 is 0. The van der Waals surface area contributed by atoms with Gasteiger partial charge in [0.15, 0.2) is 6.29 Å². The van der Waals surface area contributed by atoms with Crippen LogP contribution in [0.2, 0.25) is 0 Å². The Hall–Kier alpha value is -0.0800. The summed E-state index contributed by atoms with van der Waals surface area (Å²) in [5.41, 5.74) is -0.0685. The van der Waals surface area contributed by atoms with E-state index in [1.807, 2.05) is 0 Å². The van der Waals surface area contributed by atoms with Gasteiger partial charge in [-0.3, -0.25) is 0 Å². The quantitative estimate of drug-likeness (QED) is 0.741. The maximum Gasteiger partial charge on any atom is 0.160 e. The van der Waals surface area contributed by atoms with Crippen LogP contribution in [0.25, 0.3) is 0 Å². The molecule has 0 aromatic carbocycles. The first kappa shape index (κ1) is 15.8. The van der Waals surface area contributed by atoms with Gasteiger partial charge >= 0.3 is 0 Å². The molecule has 0 aromatic heterocycles. The molecule has 4 saturated carbocycles. The van der Waals surface area contributed by atoms with Gasteiger partial charge < -0.3 is 9.84 Å². The standard InChI is InChI=1S/C19H34O2/c1-6-17(2,3)16(20)21-18(4,5)19-10-13-7-14(11-19)9-15(8-13)12-19/h13-16,20H,6-12H2,1-5H3. The van der Waals surface area contributed by atoms with Crippen molar-refractivity contribution in [1.82, 2.24) is 0 Å². The molecule has 2 heteroatoms. The van der Waals surface area contributed by atoms with E-state index in [1.165, 1.54) is 38.5 Å². The van der Waals surface area contributed by atoms with Crippen molar-refractivity contribution >= 4 is 0 Å². The Morgan fingerprint density at radius 1 is 1.00 bits per heavy atom. The molecule has 0 aromatic rings. The van der Waals surface area contributed by atoms with Gasteiger partial charge in [-0.15, -0.1) is 0 Å². The number of aliphatic hydroxyl groups excluding tert-OH is 1. The van der Waals surface area contributed by atoms with E-state index in [-0.39, 0.29) is 11.0 Å². The molecule has 0 saturated heterocycles. The van der Waals surface area contributed by atoms with E-state index in [0.717, 1.165) is 24.2 Å². The lowest BCUT2D eigenvalue weighted by Crippen LogP contribution is -2.58. The minimum atomic E-state index is -0.662. The summed E-state index contributed by atoms with van der Waals surface area (Å²) in [7, 11) is 0. The van der Waals surface area contributed by atoms with E-state index in [1.54, 1.807) is 0 Å². The highest BCUT2D eigenvalue weighted by Crippen LogP contribution is 2.64. The molecule has 0 radical (unpaired) electrons. The molecule has 0 heterocycles. The van der Waals surface area contributed by atoms with Gasteiger partial charge in [-0.25, -0.2) is 0 Å². The summed E-state index contributed by atoms with van der Waals surface area (Å²) in [5.74, 6) is 2.78. The molecule has 21 heavy (non-hydrogen) atoms. The first-order chi connectivity index (χ1) is 9.67. The highest BCUT2D eigenvalue weighted by atomic mass is 16.6. The summed E-state index contributed by atoms with van der Waals surface area (Å²) in [6.45, 7) is 10.8. The molecule has 4 fully saturated rings. The Morgan fingerprint density at radius 2 is 1.43 bits per heavy atom. The lowest BCUT2D eigenvalue weighted by Gasteiger charge is -2.62. The fourth-order valence-corrected chi connectivity index (χ4v) is 5.59. The van der Waals surface area contributed by atoms with Crippen LogP contribution in [-0.2, 0) is 4.74 Å². The fraction of sp³-hybridized carbons (Fsp3) is 1.00. The second kappa shape index (κ2) is 4.96. The van der Waals surface area contributed by atoms with Gasteiger partial charge in [0.05, 0.1) is 5.60 Å². The van der Waals surface area contributed by atoms with Gasteiger partial charge in [0.2, 0.25) is 0 Å². The van der Waals surface area contributed by atoms with Crippen LogP contribution < -0.4 is 0 Å². The Kier molecular flexibility index (Phi) is 3.73. The highest BCUT2D eigenvalue weighted by molar-refractivity contribution is 5.08. The normalized spacial score (nSPS) is 40.6. The van der Waals surface area contributed by atoms with Gasteiger partial charge in [0, 0.05) is 5.41 Å². The van der Waals surface area contributed by atoms with E-state index < -0.39 is 6.29 Å². The first-order valence-electron chi connectivity index (χ1n) is 9.03. The van der Waals surface area contributed by atoms with Crippen molar-refractivity contribution in [3.05, 3.63) is 0 Å². The minimum absolute atomic E-state index is 0.167. The third-order valence-electron chi connectivity index (χ3n) is 7.30. The Labute approximate surface area is 130 Å². The average Bonchev–Trinajstić information content (AvgIpc) is 2.36. The maximum atomic E-state index is 10.6. The molecule has 0 amide bonds. The lowest BCUT2D eigenvalue weighted by molar-refractivity contribution is -0.277. The molecular formula is C19H34O2. The molecule has 0 spiro atoms. The van der Waals surface area contributed by atoms with Crippen LogP contribution in [0.15, 0.2) is 0 Å². The second-order valence-electron chi connectivity index (χ2n) is 9.52. The van der Waals surface area contributed by atoms with E-state index in [4.69, 9.17) is 4.74 Å². The van der Waals surface area contributed by atoms with Gasteiger partial charge in [-0.05, 0) is 82.0 Å². The summed E-state index contributed by atoms with van der Waals surface area (Å²) < 4.78 is 6.33. The highest BCUT2D eigenvalue weighted by Gasteiger charge is 2.58. The zero-order valence-electron chi connectivity index (χ0n) is 14.6. The summed E-state index contributed by atoms with van der Waals surface area (Å²) in [6.07, 6.45) is 8.62. The molecule has 2 nitrogen and oxygen atoms in total. The van der Waals surface area contributed by atoms with Gasteiger partial charge in [0.25, 0.3) is 0 Å². The Bertz CT molecular complexity index is 361. The molecule has 4 bridgehead atoms. The van der Waals surface area contributed by atoms with Gasteiger partial charge in [-0.2, -0.15) is 0 Å². The van der Waals surface area contributed by atoms with Crippen LogP contribution in [0.5, 0.6) is 0 Å². The SMILES string of the molecule is CCC(C)(C)C(O)OC(C)(C)C12CC3CC(CC(C3)C1)C2. The molecule has 4 aliphatic carbocycles. The zero-order chi connectivity index (χ0) is 15.5. The van der Waals surface area contributed by atoms with Crippen LogP contribution in [-0.4, -0.2) is 17.0 Å². The van der Waals surface area contributed by atoms with Gasteiger partial charge in [-0.1, -0.05) is 20.8 Å². The number of hydrogen-bond donors (Lipinski definition) is 1. The van der Waals surface area contributed by atoms with Crippen molar-refractivity contribution in [3.8, 4) is 0 Å². The average molecular weight is 294 g/mol. The topological polar surface area (TPSA) is 29.5 Å². The van der Waals surface area contributed by atoms with Crippen LogP contribution in [0.3, 0.4) is 0 Å². The Morgan fingerprint density at radius 3 is 1.81 bits per heavy atom. The molecule has 122 valence electrons. The lowest BCUT2D eigenvalue weighted by atomic mass is 9.46. The molecule has 1 N–H and O–H groups in total. The van der Waals surface area contributed by atoms with Crippen molar-refractivity contribution < 1.29 is 9.84 Å². The molecule has 4 rings (SSSR count). The predicted octanol–water partition coefficient (Wildman–Crippen LogP) is 4.75. The second-order valence-corrected chi connectivity index (χ2v) is 9.52. The molecule has 4 aliphatic rings. The summed E-state index contributed by atoms with van der Waals surface area (Å²) in [4.78, 5) is 0. The van der Waals surface area contributed by atoms with Crippen molar-refractivity contribution in [2.24, 2.45) is 28.6 Å². The van der Waals surface area contributed by atoms with Crippen molar-refractivity contribution in [3.63, 3.8) is 0 Å². The fourth-order valence-electron chi connectivity index (χ4n) is 5.59. The van der Waals surface area contributed by atoms with Gasteiger partial charge in [0.1, 0.15) is 0 Å². The monoisotopic (exact) mass is 294 g/mol. The van der Waals surface area contributed by atoms with E-state index in [2.05, 4.69) is 34.6 Å². The largest absolute Gasteiger partial charge is 0.367 e. The van der Waals surface area contributed by atoms with Crippen LogP contribution in [0.4, 0.5) is 0 Å². The maximum absolute atomic E-state index is 10.6. The van der Waals surface area contributed by atoms with E-state index in [9.17, 15) is 5.11 Å². The summed E-state index contributed by atoms with van der Waals surface area (Å²) in [5, 5.41) is 10.6. The number of hydrogen-bond acceptors (Lipinski definition) is 2. The Balaban J connectivity index is 1.78. The molecule has 0 aliphatic heterocycles. The van der Waals surface area contributed by atoms with Crippen molar-refractivity contribution in [2.75, 3.05) is 0 Å². The summed E-state index contributed by atoms with van der Waals surface area (Å²) in [6, 6.07) is 0. The molecule has 1 unspecified atom stereocenters. The van der Waals surface area contributed by atoms with Crippen LogP contribution >= 0.6 is 0 Å². The third-order valence-corrected chi connectivity index (χ3v) is 7.30. The number of aliphatic hydroxyl groups is 1. The van der Waals surface area contributed by atoms with E-state index >= 15 is 0 Å². The molecular weight excluding hydrogens is 260 g/mol. The molecule has 1 atom stereocenters.